The molecule has 254 valence electrons. The number of carbonyl (C=O) groups excluding carboxylic acids is 1. The van der Waals surface area contributed by atoms with Crippen LogP contribution >= 0.6 is 0 Å². The van der Waals surface area contributed by atoms with E-state index in [-0.39, 0.29) is 24.7 Å². The van der Waals surface area contributed by atoms with Crippen molar-refractivity contribution in [3.05, 3.63) is 0 Å². The van der Waals surface area contributed by atoms with Gasteiger partial charge in [0, 0.05) is 19.4 Å². The van der Waals surface area contributed by atoms with E-state index in [2.05, 4.69) is 20.8 Å². The first-order chi connectivity index (χ1) is 20.9. The Morgan fingerprint density at radius 1 is 0.488 bits per heavy atom. The van der Waals surface area contributed by atoms with Gasteiger partial charge in [-0.15, -0.1) is 0 Å². The van der Waals surface area contributed by atoms with E-state index in [4.69, 9.17) is 0 Å². The Hall–Kier alpha value is -1.59. The molecule has 2 N–H and O–H groups in total. The molecule has 2 atom stereocenters. The van der Waals surface area contributed by atoms with Gasteiger partial charge in [0.2, 0.25) is 5.91 Å². The van der Waals surface area contributed by atoms with Gasteiger partial charge in [0.25, 0.3) is 0 Å². The number of unbranched alkanes of at least 4 members (excludes halogenated alkanes) is 20. The summed E-state index contributed by atoms with van der Waals surface area (Å²) in [5, 5.41) is 19.4. The highest BCUT2D eigenvalue weighted by Gasteiger charge is 2.31. The van der Waals surface area contributed by atoms with Crippen LogP contribution < -0.4 is 0 Å². The van der Waals surface area contributed by atoms with Crippen LogP contribution in [0.2, 0.25) is 0 Å². The fourth-order valence-electron chi connectivity index (χ4n) is 6.19. The minimum atomic E-state index is -1.08. The molecule has 0 aromatic carbocycles. The van der Waals surface area contributed by atoms with Gasteiger partial charge < -0.3 is 15.1 Å². The van der Waals surface area contributed by atoms with Crippen LogP contribution in [0.3, 0.4) is 0 Å². The topological polar surface area (TPSA) is 94.9 Å². The third kappa shape index (κ3) is 25.4. The molecule has 43 heavy (non-hydrogen) atoms. The van der Waals surface area contributed by atoms with Crippen molar-refractivity contribution in [1.82, 2.24) is 4.90 Å². The second-order valence-electron chi connectivity index (χ2n) is 13.1. The third-order valence-electron chi connectivity index (χ3n) is 8.99. The largest absolute Gasteiger partial charge is 0.481 e. The molecule has 0 saturated carbocycles. The number of carbonyl (C=O) groups is 3. The molecule has 0 saturated heterocycles. The zero-order valence-corrected chi connectivity index (χ0v) is 28.7. The lowest BCUT2D eigenvalue weighted by Crippen LogP contribution is -2.47. The lowest BCUT2D eigenvalue weighted by Gasteiger charge is -2.33. The normalized spacial score (nSPS) is 12.7. The van der Waals surface area contributed by atoms with E-state index in [0.29, 0.717) is 13.0 Å². The monoisotopic (exact) mass is 610 g/mol. The van der Waals surface area contributed by atoms with Crippen LogP contribution in [0.5, 0.6) is 0 Å². The molecule has 0 aliphatic heterocycles. The smallest absolute Gasteiger partial charge is 0.326 e. The molecular formula is C37H71NO5. The van der Waals surface area contributed by atoms with Crippen LogP contribution in [0.15, 0.2) is 0 Å². The quantitative estimate of drug-likeness (QED) is 0.0722. The van der Waals surface area contributed by atoms with Gasteiger partial charge in [-0.05, 0) is 31.6 Å². The average molecular weight is 610 g/mol. The summed E-state index contributed by atoms with van der Waals surface area (Å²) in [6.07, 6.45) is 29.9. The maximum atomic E-state index is 13.5. The Morgan fingerprint density at radius 3 is 1.23 bits per heavy atom. The van der Waals surface area contributed by atoms with E-state index >= 15 is 0 Å². The number of carboxylic acids is 2. The minimum absolute atomic E-state index is 0.0321. The summed E-state index contributed by atoms with van der Waals surface area (Å²) in [7, 11) is 0. The highest BCUT2D eigenvalue weighted by atomic mass is 16.4. The zero-order chi connectivity index (χ0) is 32.0. The Labute approximate surface area is 266 Å². The van der Waals surface area contributed by atoms with Crippen molar-refractivity contribution in [2.75, 3.05) is 6.54 Å². The standard InChI is InChI=1S/C37H71NO5/c1-4-7-10-13-16-18-20-23-26-29-35(39)38(34(37(42)43)30-31-36(40)41)32-33(27-24-21-15-12-9-6-3)28-25-22-19-17-14-11-8-5-2/h33-34H,4-32H2,1-3H3,(H,40,41)(H,42,43)/t33?,34-/m0/s1. The fraction of sp³-hybridized carbons (Fsp3) is 0.919. The molecular weight excluding hydrogens is 538 g/mol. The van der Waals surface area contributed by atoms with Crippen molar-refractivity contribution in [2.45, 2.75) is 207 Å². The van der Waals surface area contributed by atoms with Gasteiger partial charge in [-0.3, -0.25) is 9.59 Å². The van der Waals surface area contributed by atoms with Gasteiger partial charge in [0.15, 0.2) is 0 Å². The van der Waals surface area contributed by atoms with Crippen LogP contribution in [0.4, 0.5) is 0 Å². The molecule has 0 rings (SSSR count). The predicted octanol–water partition coefficient (Wildman–Crippen LogP) is 11.0. The van der Waals surface area contributed by atoms with Gasteiger partial charge in [0.1, 0.15) is 6.04 Å². The first-order valence-corrected chi connectivity index (χ1v) is 18.6. The predicted molar refractivity (Wildman–Crippen MR) is 181 cm³/mol. The second kappa shape index (κ2) is 30.4. The average Bonchev–Trinajstić information content (AvgIpc) is 2.98. The highest BCUT2D eigenvalue weighted by molar-refractivity contribution is 5.84. The van der Waals surface area contributed by atoms with Crippen molar-refractivity contribution < 1.29 is 24.6 Å². The van der Waals surface area contributed by atoms with Crippen molar-refractivity contribution in [1.29, 1.82) is 0 Å². The lowest BCUT2D eigenvalue weighted by molar-refractivity contribution is -0.152. The first kappa shape index (κ1) is 41.4. The summed E-state index contributed by atoms with van der Waals surface area (Å²) in [4.78, 5) is 38.8. The van der Waals surface area contributed by atoms with E-state index in [1.807, 2.05) is 0 Å². The molecule has 6 heteroatoms. The van der Waals surface area contributed by atoms with Crippen molar-refractivity contribution >= 4 is 17.8 Å². The molecule has 1 amide bonds. The number of amides is 1. The summed E-state index contributed by atoms with van der Waals surface area (Å²) in [5.74, 6) is -1.93. The SMILES string of the molecule is CCCCCCCCCCCC(=O)N(CC(CCCCCCCC)CCCCCCCCCC)[C@@H](CCC(=O)O)C(=O)O. The van der Waals surface area contributed by atoms with E-state index in [9.17, 15) is 24.6 Å². The fourth-order valence-corrected chi connectivity index (χ4v) is 6.19. The van der Waals surface area contributed by atoms with Crippen molar-refractivity contribution in [3.63, 3.8) is 0 Å². The molecule has 0 aromatic heterocycles. The van der Waals surface area contributed by atoms with Crippen molar-refractivity contribution in [3.8, 4) is 0 Å². The molecule has 0 aliphatic carbocycles. The second-order valence-corrected chi connectivity index (χ2v) is 13.1. The third-order valence-corrected chi connectivity index (χ3v) is 8.99. The van der Waals surface area contributed by atoms with Gasteiger partial charge >= 0.3 is 11.9 Å². The molecule has 0 aromatic rings. The molecule has 0 heterocycles. The maximum absolute atomic E-state index is 13.5. The van der Waals surface area contributed by atoms with E-state index in [0.717, 1.165) is 44.9 Å². The number of hydrogen-bond acceptors (Lipinski definition) is 3. The number of aliphatic carboxylic acids is 2. The zero-order valence-electron chi connectivity index (χ0n) is 28.7. The Morgan fingerprint density at radius 2 is 0.860 bits per heavy atom. The summed E-state index contributed by atoms with van der Waals surface area (Å²) in [5.41, 5.74) is 0. The van der Waals surface area contributed by atoms with Gasteiger partial charge in [0.05, 0.1) is 0 Å². The molecule has 6 nitrogen and oxygen atoms in total. The van der Waals surface area contributed by atoms with Gasteiger partial charge in [-0.25, -0.2) is 4.79 Å². The number of rotatable bonds is 33. The van der Waals surface area contributed by atoms with Crippen LogP contribution in [-0.2, 0) is 14.4 Å². The van der Waals surface area contributed by atoms with Crippen LogP contribution in [0, 0.1) is 5.92 Å². The Bertz CT molecular complexity index is 667. The first-order valence-electron chi connectivity index (χ1n) is 18.6. The van der Waals surface area contributed by atoms with Crippen LogP contribution in [-0.4, -0.2) is 45.5 Å². The molecule has 0 aliphatic rings. The van der Waals surface area contributed by atoms with Gasteiger partial charge in [-0.1, -0.05) is 162 Å². The number of carboxylic acid groups (broad SMARTS) is 2. The molecule has 0 radical (unpaired) electrons. The Kier molecular flexibility index (Phi) is 29.3. The molecule has 1 unspecified atom stereocenters. The van der Waals surface area contributed by atoms with E-state index in [1.54, 1.807) is 4.90 Å². The highest BCUT2D eigenvalue weighted by Crippen LogP contribution is 2.24. The number of hydrogen-bond donors (Lipinski definition) is 2. The van der Waals surface area contributed by atoms with Gasteiger partial charge in [-0.2, -0.15) is 0 Å². The lowest BCUT2D eigenvalue weighted by atomic mass is 9.92. The van der Waals surface area contributed by atoms with Crippen LogP contribution in [0.25, 0.3) is 0 Å². The van der Waals surface area contributed by atoms with Crippen LogP contribution in [0.1, 0.15) is 201 Å². The summed E-state index contributed by atoms with van der Waals surface area (Å²) < 4.78 is 0. The summed E-state index contributed by atoms with van der Waals surface area (Å²) >= 11 is 0. The summed E-state index contributed by atoms with van der Waals surface area (Å²) in [6.45, 7) is 7.14. The molecule has 0 spiro atoms. The minimum Gasteiger partial charge on any atom is -0.481 e. The van der Waals surface area contributed by atoms with E-state index < -0.39 is 18.0 Å². The van der Waals surface area contributed by atoms with Crippen molar-refractivity contribution in [2.24, 2.45) is 5.92 Å². The number of nitrogens with zero attached hydrogens (tertiary/aromatic N) is 1. The maximum Gasteiger partial charge on any atom is 0.326 e. The molecule has 0 fully saturated rings. The Balaban J connectivity index is 5.21. The molecule has 0 bridgehead atoms. The summed E-state index contributed by atoms with van der Waals surface area (Å²) in [6, 6.07) is -1.06. The van der Waals surface area contributed by atoms with E-state index in [1.165, 1.54) is 116 Å².